The van der Waals surface area contributed by atoms with Crippen molar-refractivity contribution < 1.29 is 8.42 Å². The Balaban J connectivity index is 2.84. The van der Waals surface area contributed by atoms with Gasteiger partial charge in [0.1, 0.15) is 3.81 Å². The molecule has 0 radical (unpaired) electrons. The van der Waals surface area contributed by atoms with Gasteiger partial charge >= 0.3 is 0 Å². The Hall–Kier alpha value is -0.810. The van der Waals surface area contributed by atoms with E-state index in [2.05, 4.69) is 15.9 Å². The van der Waals surface area contributed by atoms with Gasteiger partial charge in [0.25, 0.3) is 10.0 Å². The quantitative estimate of drug-likeness (QED) is 0.735. The van der Waals surface area contributed by atoms with Gasteiger partial charge in [0.2, 0.25) is 0 Å². The molecule has 0 spiro atoms. The molecule has 0 N–H and O–H groups in total. The Morgan fingerprint density at radius 3 is 2.53 bits per heavy atom. The van der Waals surface area contributed by atoms with E-state index in [1.165, 1.54) is 4.31 Å². The number of hydrogen-bond donors (Lipinski definition) is 0. The van der Waals surface area contributed by atoms with E-state index in [9.17, 15) is 8.42 Å². The molecule has 1 aliphatic rings. The van der Waals surface area contributed by atoms with Crippen molar-refractivity contribution >= 4 is 37.2 Å². The first-order valence-corrected chi connectivity index (χ1v) is 6.64. The van der Waals surface area contributed by atoms with Crippen LogP contribution in [0.15, 0.2) is 28.1 Å². The molecule has 5 heteroatoms. The molecule has 1 aliphatic heterocycles. The van der Waals surface area contributed by atoms with Crippen molar-refractivity contribution in [3.05, 3.63) is 33.6 Å². The number of fused-ring (bicyclic) bond motifs is 1. The summed E-state index contributed by atoms with van der Waals surface area (Å²) in [5.74, 6) is 0. The van der Waals surface area contributed by atoms with Crippen LogP contribution in [0.3, 0.4) is 0 Å². The molecule has 1 aromatic rings. The molecule has 1 aromatic carbocycles. The van der Waals surface area contributed by atoms with E-state index in [-0.39, 0.29) is 3.81 Å². The number of benzene rings is 1. The normalized spacial score (nSPS) is 19.0. The van der Waals surface area contributed by atoms with E-state index in [0.717, 1.165) is 16.8 Å². The highest BCUT2D eigenvalue weighted by atomic mass is 79.9. The zero-order valence-corrected chi connectivity index (χ0v) is 10.8. The van der Waals surface area contributed by atoms with Gasteiger partial charge in [0.05, 0.1) is 5.69 Å². The van der Waals surface area contributed by atoms with Gasteiger partial charge in [0.15, 0.2) is 0 Å². The molecule has 0 aliphatic carbocycles. The molecule has 0 atom stereocenters. The summed E-state index contributed by atoms with van der Waals surface area (Å²) in [7, 11) is -1.82. The Morgan fingerprint density at radius 1 is 1.27 bits per heavy atom. The summed E-state index contributed by atoms with van der Waals surface area (Å²) < 4.78 is 25.4. The van der Waals surface area contributed by atoms with E-state index < -0.39 is 10.0 Å². The second-order valence-corrected chi connectivity index (χ2v) is 6.61. The third-order valence-electron chi connectivity index (χ3n) is 2.53. The smallest absolute Gasteiger partial charge is 0.268 e. The van der Waals surface area contributed by atoms with Gasteiger partial charge in [-0.25, -0.2) is 8.42 Å². The Morgan fingerprint density at radius 2 is 1.87 bits per heavy atom. The van der Waals surface area contributed by atoms with Gasteiger partial charge in [-0.2, -0.15) is 0 Å². The maximum atomic E-state index is 11.9. The summed E-state index contributed by atoms with van der Waals surface area (Å²) in [6.07, 6.45) is 0. The SMILES string of the molecule is CC1=C(Br)S(=O)(=O)N(C)c2ccccc21. The fourth-order valence-corrected chi connectivity index (χ4v) is 3.63. The molecule has 0 aromatic heterocycles. The van der Waals surface area contributed by atoms with E-state index in [1.807, 2.05) is 18.2 Å². The highest BCUT2D eigenvalue weighted by Gasteiger charge is 2.31. The van der Waals surface area contributed by atoms with Crippen LogP contribution in [0, 0.1) is 0 Å². The van der Waals surface area contributed by atoms with Crippen LogP contribution < -0.4 is 4.31 Å². The Bertz CT molecular complexity index is 548. The van der Waals surface area contributed by atoms with Crippen LogP contribution in [-0.2, 0) is 10.0 Å². The number of halogens is 1. The zero-order chi connectivity index (χ0) is 11.2. The van der Waals surface area contributed by atoms with Crippen molar-refractivity contribution in [2.24, 2.45) is 0 Å². The maximum Gasteiger partial charge on any atom is 0.271 e. The fourth-order valence-electron chi connectivity index (χ4n) is 1.61. The number of hydrogen-bond acceptors (Lipinski definition) is 2. The molecule has 0 unspecified atom stereocenters. The van der Waals surface area contributed by atoms with E-state index in [0.29, 0.717) is 0 Å². The molecule has 15 heavy (non-hydrogen) atoms. The second-order valence-electron chi connectivity index (χ2n) is 3.39. The first-order chi connectivity index (χ1) is 6.96. The number of rotatable bonds is 0. The third kappa shape index (κ3) is 1.41. The summed E-state index contributed by atoms with van der Waals surface area (Å²) in [5, 5.41) is 0. The Labute approximate surface area is 97.6 Å². The number of nitrogens with zero attached hydrogens (tertiary/aromatic N) is 1. The van der Waals surface area contributed by atoms with Crippen LogP contribution in [0.4, 0.5) is 5.69 Å². The number of anilines is 1. The molecule has 0 fully saturated rings. The fraction of sp³-hybridized carbons (Fsp3) is 0.200. The summed E-state index contributed by atoms with van der Waals surface area (Å²) in [5.41, 5.74) is 2.42. The van der Waals surface area contributed by atoms with Crippen LogP contribution in [0.25, 0.3) is 5.57 Å². The average molecular weight is 288 g/mol. The zero-order valence-electron chi connectivity index (χ0n) is 8.36. The van der Waals surface area contributed by atoms with Crippen molar-refractivity contribution in [3.63, 3.8) is 0 Å². The van der Waals surface area contributed by atoms with Gasteiger partial charge in [-0.1, -0.05) is 18.2 Å². The van der Waals surface area contributed by atoms with Crippen LogP contribution in [-0.4, -0.2) is 15.5 Å². The van der Waals surface area contributed by atoms with Crippen LogP contribution in [0.1, 0.15) is 12.5 Å². The van der Waals surface area contributed by atoms with Gasteiger partial charge in [-0.3, -0.25) is 4.31 Å². The van der Waals surface area contributed by atoms with Gasteiger partial charge in [-0.15, -0.1) is 0 Å². The monoisotopic (exact) mass is 287 g/mol. The van der Waals surface area contributed by atoms with Crippen LogP contribution in [0.2, 0.25) is 0 Å². The van der Waals surface area contributed by atoms with Crippen LogP contribution >= 0.6 is 15.9 Å². The minimum absolute atomic E-state index is 0.246. The minimum atomic E-state index is -3.37. The lowest BCUT2D eigenvalue weighted by atomic mass is 10.1. The standard InChI is InChI=1S/C10H10BrNO2S/c1-7-8-5-3-4-6-9(8)12(2)15(13,14)10(7)11/h3-6H,1-2H3. The van der Waals surface area contributed by atoms with Crippen molar-refractivity contribution in [1.82, 2.24) is 0 Å². The first-order valence-electron chi connectivity index (χ1n) is 4.41. The third-order valence-corrected chi connectivity index (χ3v) is 6.03. The highest BCUT2D eigenvalue weighted by molar-refractivity contribution is 9.13. The van der Waals surface area contributed by atoms with Crippen molar-refractivity contribution in [1.29, 1.82) is 0 Å². The predicted octanol–water partition coefficient (Wildman–Crippen LogP) is 2.55. The summed E-state index contributed by atoms with van der Waals surface area (Å²) >= 11 is 3.14. The first kappa shape index (κ1) is 10.7. The highest BCUT2D eigenvalue weighted by Crippen LogP contribution is 2.40. The molecule has 1 heterocycles. The molecule has 0 bridgehead atoms. The Kier molecular flexibility index (Phi) is 2.39. The van der Waals surface area contributed by atoms with Gasteiger partial charge in [-0.05, 0) is 34.5 Å². The predicted molar refractivity (Wildman–Crippen MR) is 65.3 cm³/mol. The van der Waals surface area contributed by atoms with Crippen molar-refractivity contribution in [2.45, 2.75) is 6.92 Å². The van der Waals surface area contributed by atoms with Crippen LogP contribution in [0.5, 0.6) is 0 Å². The second kappa shape index (κ2) is 3.35. The molecule has 0 amide bonds. The lowest BCUT2D eigenvalue weighted by Crippen LogP contribution is -2.30. The lowest BCUT2D eigenvalue weighted by molar-refractivity contribution is 0.602. The van der Waals surface area contributed by atoms with Crippen molar-refractivity contribution in [2.75, 3.05) is 11.4 Å². The minimum Gasteiger partial charge on any atom is -0.268 e. The van der Waals surface area contributed by atoms with E-state index in [1.54, 1.807) is 20.0 Å². The van der Waals surface area contributed by atoms with Gasteiger partial charge in [0, 0.05) is 12.6 Å². The van der Waals surface area contributed by atoms with E-state index in [4.69, 9.17) is 0 Å². The molecule has 80 valence electrons. The topological polar surface area (TPSA) is 37.4 Å². The van der Waals surface area contributed by atoms with Crippen molar-refractivity contribution in [3.8, 4) is 0 Å². The maximum absolute atomic E-state index is 11.9. The summed E-state index contributed by atoms with van der Waals surface area (Å²) in [6.45, 7) is 1.80. The molecule has 2 rings (SSSR count). The number of allylic oxidation sites excluding steroid dienone is 1. The largest absolute Gasteiger partial charge is 0.271 e. The molecular weight excluding hydrogens is 278 g/mol. The molecule has 0 saturated carbocycles. The molecular formula is C10H10BrNO2S. The molecule has 3 nitrogen and oxygen atoms in total. The molecule has 0 saturated heterocycles. The lowest BCUT2D eigenvalue weighted by Gasteiger charge is -2.27. The number of sulfonamides is 1. The average Bonchev–Trinajstić information content (AvgIpc) is 2.24. The summed E-state index contributed by atoms with van der Waals surface area (Å²) in [6, 6.07) is 7.44. The van der Waals surface area contributed by atoms with E-state index >= 15 is 0 Å². The van der Waals surface area contributed by atoms with Gasteiger partial charge < -0.3 is 0 Å². The summed E-state index contributed by atoms with van der Waals surface area (Å²) in [4.78, 5) is 0. The number of para-hydroxylation sites is 1.